The molecule has 3 heterocycles. The molecule has 2 aliphatic heterocycles. The Balaban J connectivity index is 1.35. The fourth-order valence-corrected chi connectivity index (χ4v) is 4.44. The molecule has 1 aromatic heterocycles. The van der Waals surface area contributed by atoms with Gasteiger partial charge in [-0.2, -0.15) is 0 Å². The van der Waals surface area contributed by atoms with E-state index in [9.17, 15) is 4.39 Å². The number of nitrogens with zero attached hydrogens (tertiary/aromatic N) is 4. The molecule has 0 spiro atoms. The molecule has 0 bridgehead atoms. The number of hydrogen-bond acceptors (Lipinski definition) is 7. The van der Waals surface area contributed by atoms with E-state index in [0.717, 1.165) is 37.7 Å². The second kappa shape index (κ2) is 9.59. The van der Waals surface area contributed by atoms with Gasteiger partial charge < -0.3 is 24.6 Å². The van der Waals surface area contributed by atoms with Gasteiger partial charge in [0.2, 0.25) is 5.88 Å². The Morgan fingerprint density at radius 3 is 2.61 bits per heavy atom. The molecule has 1 N–H and O–H groups in total. The summed E-state index contributed by atoms with van der Waals surface area (Å²) in [6.07, 6.45) is 0. The van der Waals surface area contributed by atoms with Crippen LogP contribution in [0.15, 0.2) is 42.5 Å². The van der Waals surface area contributed by atoms with Crippen molar-refractivity contribution >= 4 is 40.4 Å². The van der Waals surface area contributed by atoms with E-state index in [4.69, 9.17) is 32.7 Å². The first kappa shape index (κ1) is 22.0. The van der Waals surface area contributed by atoms with Crippen molar-refractivity contribution in [2.45, 2.75) is 6.54 Å². The van der Waals surface area contributed by atoms with Crippen molar-refractivity contribution in [2.75, 3.05) is 54.5 Å². The molecule has 0 amide bonds. The van der Waals surface area contributed by atoms with Crippen LogP contribution < -0.4 is 19.9 Å². The maximum Gasteiger partial charge on any atom is 0.241 e. The molecule has 5 rings (SSSR count). The van der Waals surface area contributed by atoms with Gasteiger partial charge in [-0.05, 0) is 36.4 Å². The lowest BCUT2D eigenvalue weighted by Gasteiger charge is -2.31. The number of rotatable bonds is 5. The van der Waals surface area contributed by atoms with E-state index in [0.29, 0.717) is 47.7 Å². The summed E-state index contributed by atoms with van der Waals surface area (Å²) in [7, 11) is 0. The summed E-state index contributed by atoms with van der Waals surface area (Å²) in [4.78, 5) is 4.31. The average molecular weight is 490 g/mol. The number of fused-ring (bicyclic) bond motifs is 1. The monoisotopic (exact) mass is 489 g/mol. The largest absolute Gasteiger partial charge is 0.437 e. The van der Waals surface area contributed by atoms with Crippen LogP contribution >= 0.6 is 23.2 Å². The van der Waals surface area contributed by atoms with Crippen molar-refractivity contribution in [2.24, 2.45) is 0 Å². The zero-order valence-electron chi connectivity index (χ0n) is 17.7. The SMILES string of the molecule is Fc1ccc(Cl)c(CN2CCNc3nnc(Oc4ccc(N5CCOCC5)cc4)cc32)c1Cl. The predicted molar refractivity (Wildman–Crippen MR) is 128 cm³/mol. The zero-order chi connectivity index (χ0) is 22.8. The third-order valence-corrected chi connectivity index (χ3v) is 6.45. The summed E-state index contributed by atoms with van der Waals surface area (Å²) in [5.41, 5.74) is 2.44. The molecule has 1 fully saturated rings. The second-order valence-corrected chi connectivity index (χ2v) is 8.57. The molecule has 0 atom stereocenters. The van der Waals surface area contributed by atoms with Crippen molar-refractivity contribution < 1.29 is 13.9 Å². The summed E-state index contributed by atoms with van der Waals surface area (Å²) >= 11 is 12.5. The zero-order valence-corrected chi connectivity index (χ0v) is 19.2. The fourth-order valence-electron chi connectivity index (χ4n) is 3.95. The van der Waals surface area contributed by atoms with Gasteiger partial charge in [0, 0.05) is 55.1 Å². The number of anilines is 3. The van der Waals surface area contributed by atoms with Gasteiger partial charge >= 0.3 is 0 Å². The van der Waals surface area contributed by atoms with Crippen LogP contribution in [0.5, 0.6) is 11.6 Å². The van der Waals surface area contributed by atoms with E-state index in [-0.39, 0.29) is 5.02 Å². The van der Waals surface area contributed by atoms with E-state index in [2.05, 4.69) is 20.4 Å². The van der Waals surface area contributed by atoms with Crippen LogP contribution in [0.3, 0.4) is 0 Å². The molecule has 0 aliphatic carbocycles. The maximum atomic E-state index is 14.0. The molecule has 0 saturated carbocycles. The molecule has 3 aromatic rings. The Morgan fingerprint density at radius 1 is 1.03 bits per heavy atom. The number of benzene rings is 2. The molecule has 0 unspecified atom stereocenters. The van der Waals surface area contributed by atoms with Crippen LogP contribution in [0.25, 0.3) is 0 Å². The molecule has 2 aromatic carbocycles. The number of nitrogens with one attached hydrogen (secondary N) is 1. The fraction of sp³-hybridized carbons (Fsp3) is 0.304. The highest BCUT2D eigenvalue weighted by Crippen LogP contribution is 2.35. The molecule has 33 heavy (non-hydrogen) atoms. The van der Waals surface area contributed by atoms with Gasteiger partial charge in [-0.15, -0.1) is 10.2 Å². The van der Waals surface area contributed by atoms with Crippen LogP contribution in [-0.4, -0.2) is 49.6 Å². The van der Waals surface area contributed by atoms with Crippen molar-refractivity contribution in [3.8, 4) is 11.6 Å². The molecule has 172 valence electrons. The number of aromatic nitrogens is 2. The van der Waals surface area contributed by atoms with E-state index in [1.54, 1.807) is 0 Å². The highest BCUT2D eigenvalue weighted by molar-refractivity contribution is 6.36. The summed E-state index contributed by atoms with van der Waals surface area (Å²) in [5.74, 6) is 1.15. The summed E-state index contributed by atoms with van der Waals surface area (Å²) in [5, 5.41) is 12.1. The maximum absolute atomic E-state index is 14.0. The van der Waals surface area contributed by atoms with Gasteiger partial charge in [-0.25, -0.2) is 4.39 Å². The second-order valence-electron chi connectivity index (χ2n) is 7.78. The van der Waals surface area contributed by atoms with Crippen molar-refractivity contribution in [3.05, 3.63) is 63.9 Å². The van der Waals surface area contributed by atoms with E-state index in [1.807, 2.05) is 35.2 Å². The van der Waals surface area contributed by atoms with E-state index >= 15 is 0 Å². The van der Waals surface area contributed by atoms with E-state index < -0.39 is 5.82 Å². The smallest absolute Gasteiger partial charge is 0.241 e. The van der Waals surface area contributed by atoms with Gasteiger partial charge in [0.05, 0.1) is 23.9 Å². The molecular weight excluding hydrogens is 468 g/mol. The van der Waals surface area contributed by atoms with Gasteiger partial charge in [-0.1, -0.05) is 23.2 Å². The molecule has 1 saturated heterocycles. The van der Waals surface area contributed by atoms with E-state index in [1.165, 1.54) is 12.1 Å². The highest BCUT2D eigenvalue weighted by atomic mass is 35.5. The summed E-state index contributed by atoms with van der Waals surface area (Å²) < 4.78 is 25.4. The third-order valence-electron chi connectivity index (χ3n) is 5.69. The average Bonchev–Trinajstić information content (AvgIpc) is 2.85. The van der Waals surface area contributed by atoms with Crippen molar-refractivity contribution in [3.63, 3.8) is 0 Å². The Labute approximate surface area is 201 Å². The quantitative estimate of drug-likeness (QED) is 0.506. The number of halogens is 3. The van der Waals surface area contributed by atoms with Gasteiger partial charge in [0.25, 0.3) is 0 Å². The summed E-state index contributed by atoms with van der Waals surface area (Å²) in [6.45, 7) is 4.88. The minimum Gasteiger partial charge on any atom is -0.437 e. The minimum atomic E-state index is -0.496. The molecule has 2 aliphatic rings. The standard InChI is InChI=1S/C23H22Cl2FN5O2/c24-18-5-6-19(26)22(25)17(18)14-31-8-7-27-23-20(31)13-21(28-29-23)33-16-3-1-15(2-4-16)30-9-11-32-12-10-30/h1-6,13H,7-12,14H2,(H,27,29). The molecule has 7 nitrogen and oxygen atoms in total. The van der Waals surface area contributed by atoms with Crippen LogP contribution in [0.2, 0.25) is 10.0 Å². The van der Waals surface area contributed by atoms with Crippen LogP contribution in [0.4, 0.5) is 21.6 Å². The van der Waals surface area contributed by atoms with Crippen LogP contribution in [0, 0.1) is 5.82 Å². The van der Waals surface area contributed by atoms with Gasteiger partial charge in [-0.3, -0.25) is 0 Å². The predicted octanol–water partition coefficient (Wildman–Crippen LogP) is 4.98. The number of hydrogen-bond donors (Lipinski definition) is 1. The molecule has 10 heteroatoms. The first-order valence-corrected chi connectivity index (χ1v) is 11.4. The molecule has 0 radical (unpaired) electrons. The first-order valence-electron chi connectivity index (χ1n) is 10.7. The molecular formula is C23H22Cl2FN5O2. The van der Waals surface area contributed by atoms with Crippen LogP contribution in [0.1, 0.15) is 5.56 Å². The lowest BCUT2D eigenvalue weighted by Crippen LogP contribution is -2.36. The summed E-state index contributed by atoms with van der Waals surface area (Å²) in [6, 6.07) is 12.5. The third kappa shape index (κ3) is 4.78. The number of ether oxygens (including phenoxy) is 2. The Kier molecular flexibility index (Phi) is 6.39. The first-order chi connectivity index (χ1) is 16.1. The lowest BCUT2D eigenvalue weighted by molar-refractivity contribution is 0.122. The van der Waals surface area contributed by atoms with Gasteiger partial charge in [0.15, 0.2) is 5.82 Å². The van der Waals surface area contributed by atoms with Crippen LogP contribution in [-0.2, 0) is 11.3 Å². The lowest BCUT2D eigenvalue weighted by atomic mass is 10.1. The Morgan fingerprint density at radius 2 is 1.82 bits per heavy atom. The normalized spacial score (nSPS) is 15.7. The van der Waals surface area contributed by atoms with Gasteiger partial charge in [0.1, 0.15) is 11.6 Å². The van der Waals surface area contributed by atoms with Crippen molar-refractivity contribution in [1.29, 1.82) is 0 Å². The van der Waals surface area contributed by atoms with Crippen molar-refractivity contribution in [1.82, 2.24) is 10.2 Å². The Bertz CT molecular complexity index is 1140. The minimum absolute atomic E-state index is 0.0291. The highest BCUT2D eigenvalue weighted by Gasteiger charge is 2.23. The number of morpholine rings is 1. The Hall–Kier alpha value is -2.81. The topological polar surface area (TPSA) is 62.8 Å².